The molecule has 0 fully saturated rings. The van der Waals surface area contributed by atoms with Crippen LogP contribution < -0.4 is 5.73 Å². The first-order chi connectivity index (χ1) is 5.27. The highest BCUT2D eigenvalue weighted by Crippen LogP contribution is 2.26. The number of hydrogen-bond donors (Lipinski definition) is 1. The van der Waals surface area contributed by atoms with Gasteiger partial charge in [0.1, 0.15) is 0 Å². The van der Waals surface area contributed by atoms with Crippen molar-refractivity contribution in [1.29, 1.82) is 0 Å². The molecule has 0 aromatic carbocycles. The fraction of sp³-hybridized carbons (Fsp3) is 0.571. The van der Waals surface area contributed by atoms with Crippen LogP contribution in [0.15, 0.2) is 6.20 Å². The van der Waals surface area contributed by atoms with E-state index < -0.39 is 0 Å². The van der Waals surface area contributed by atoms with Crippen molar-refractivity contribution in [1.82, 2.24) is 4.98 Å². The summed E-state index contributed by atoms with van der Waals surface area (Å²) in [6.07, 6.45) is 2.89. The smallest absolute Gasteiger partial charge is 0.180 e. The van der Waals surface area contributed by atoms with Crippen molar-refractivity contribution in [2.45, 2.75) is 19.4 Å². The van der Waals surface area contributed by atoms with E-state index in [1.807, 2.05) is 0 Å². The van der Waals surface area contributed by atoms with E-state index in [-0.39, 0.29) is 6.10 Å². The highest BCUT2D eigenvalue weighted by atomic mass is 32.1. The maximum atomic E-state index is 5.48. The second-order valence-electron chi connectivity index (χ2n) is 2.23. The molecule has 0 bridgehead atoms. The lowest BCUT2D eigenvalue weighted by atomic mass is 10.2. The Kier molecular flexibility index (Phi) is 2.84. The van der Waals surface area contributed by atoms with Crippen LogP contribution in [-0.2, 0) is 4.74 Å². The molecule has 0 radical (unpaired) electrons. The SMILES string of the molecule is CCC(OC)c1cnc(N)s1. The summed E-state index contributed by atoms with van der Waals surface area (Å²) in [5.74, 6) is 0. The third-order valence-corrected chi connectivity index (χ3v) is 2.43. The first kappa shape index (κ1) is 8.49. The van der Waals surface area contributed by atoms with Crippen molar-refractivity contribution >= 4 is 16.5 Å². The van der Waals surface area contributed by atoms with Crippen molar-refractivity contribution in [3.05, 3.63) is 11.1 Å². The Morgan fingerprint density at radius 2 is 2.55 bits per heavy atom. The van der Waals surface area contributed by atoms with Crippen LogP contribution in [0.25, 0.3) is 0 Å². The zero-order chi connectivity index (χ0) is 8.27. The van der Waals surface area contributed by atoms with Gasteiger partial charge in [0, 0.05) is 13.3 Å². The molecule has 0 saturated heterocycles. The molecule has 11 heavy (non-hydrogen) atoms. The molecule has 1 unspecified atom stereocenters. The minimum absolute atomic E-state index is 0.157. The van der Waals surface area contributed by atoms with E-state index in [4.69, 9.17) is 10.5 Å². The zero-order valence-electron chi connectivity index (χ0n) is 6.70. The van der Waals surface area contributed by atoms with Gasteiger partial charge < -0.3 is 10.5 Å². The lowest BCUT2D eigenvalue weighted by molar-refractivity contribution is 0.103. The average molecular weight is 172 g/mol. The van der Waals surface area contributed by atoms with E-state index in [1.165, 1.54) is 11.3 Å². The average Bonchev–Trinajstić information content (AvgIpc) is 2.39. The Morgan fingerprint density at radius 1 is 1.82 bits per heavy atom. The number of hydrogen-bond acceptors (Lipinski definition) is 4. The van der Waals surface area contributed by atoms with Crippen molar-refractivity contribution in [2.75, 3.05) is 12.8 Å². The second-order valence-corrected chi connectivity index (χ2v) is 3.33. The van der Waals surface area contributed by atoms with E-state index in [9.17, 15) is 0 Å². The van der Waals surface area contributed by atoms with Gasteiger partial charge in [0.2, 0.25) is 0 Å². The molecule has 62 valence electrons. The number of anilines is 1. The summed E-state index contributed by atoms with van der Waals surface area (Å²) in [7, 11) is 1.70. The molecule has 0 saturated carbocycles. The van der Waals surface area contributed by atoms with Crippen molar-refractivity contribution in [2.24, 2.45) is 0 Å². The summed E-state index contributed by atoms with van der Waals surface area (Å²) >= 11 is 1.49. The molecule has 1 aromatic heterocycles. The first-order valence-corrected chi connectivity index (χ1v) is 4.33. The topological polar surface area (TPSA) is 48.1 Å². The number of thiazole rings is 1. The van der Waals surface area contributed by atoms with Gasteiger partial charge in [-0.1, -0.05) is 18.3 Å². The van der Waals surface area contributed by atoms with Crippen molar-refractivity contribution < 1.29 is 4.74 Å². The monoisotopic (exact) mass is 172 g/mol. The Morgan fingerprint density at radius 3 is 2.91 bits per heavy atom. The van der Waals surface area contributed by atoms with E-state index in [1.54, 1.807) is 13.3 Å². The summed E-state index contributed by atoms with van der Waals surface area (Å²) in [6, 6.07) is 0. The summed E-state index contributed by atoms with van der Waals surface area (Å²) in [5.41, 5.74) is 5.48. The highest BCUT2D eigenvalue weighted by Gasteiger charge is 2.10. The van der Waals surface area contributed by atoms with Gasteiger partial charge in [0.15, 0.2) is 5.13 Å². The zero-order valence-corrected chi connectivity index (χ0v) is 7.52. The van der Waals surface area contributed by atoms with Gasteiger partial charge in [-0.15, -0.1) is 0 Å². The quantitative estimate of drug-likeness (QED) is 0.756. The number of aromatic nitrogens is 1. The molecule has 0 spiro atoms. The van der Waals surface area contributed by atoms with Gasteiger partial charge >= 0.3 is 0 Å². The molecular formula is C7H12N2OS. The maximum Gasteiger partial charge on any atom is 0.180 e. The van der Waals surface area contributed by atoms with Gasteiger partial charge in [-0.3, -0.25) is 0 Å². The molecule has 4 heteroatoms. The number of rotatable bonds is 3. The van der Waals surface area contributed by atoms with Crippen molar-refractivity contribution in [3.8, 4) is 0 Å². The summed E-state index contributed by atoms with van der Waals surface area (Å²) in [5, 5.41) is 0.607. The third kappa shape index (κ3) is 1.91. The van der Waals surface area contributed by atoms with Crippen LogP contribution in [0.1, 0.15) is 24.3 Å². The minimum Gasteiger partial charge on any atom is -0.376 e. The normalized spacial score (nSPS) is 13.3. The molecule has 1 atom stereocenters. The van der Waals surface area contributed by atoms with Gasteiger partial charge in [-0.05, 0) is 6.42 Å². The van der Waals surface area contributed by atoms with Gasteiger partial charge in [0.05, 0.1) is 11.0 Å². The van der Waals surface area contributed by atoms with Gasteiger partial charge in [0.25, 0.3) is 0 Å². The highest BCUT2D eigenvalue weighted by molar-refractivity contribution is 7.15. The fourth-order valence-electron chi connectivity index (χ4n) is 0.934. The molecular weight excluding hydrogens is 160 g/mol. The molecule has 0 aliphatic rings. The number of methoxy groups -OCH3 is 1. The molecule has 0 aliphatic heterocycles. The maximum absolute atomic E-state index is 5.48. The molecule has 0 aliphatic carbocycles. The Hall–Kier alpha value is -0.610. The molecule has 0 amide bonds. The Balaban J connectivity index is 2.73. The van der Waals surface area contributed by atoms with Crippen LogP contribution in [0.5, 0.6) is 0 Å². The van der Waals surface area contributed by atoms with E-state index in [0.717, 1.165) is 11.3 Å². The predicted octanol–water partition coefficient (Wildman–Crippen LogP) is 1.82. The molecule has 2 N–H and O–H groups in total. The first-order valence-electron chi connectivity index (χ1n) is 3.52. The number of nitrogens with zero attached hydrogens (tertiary/aromatic N) is 1. The molecule has 1 rings (SSSR count). The number of nitrogen functional groups attached to an aromatic ring is 1. The van der Waals surface area contributed by atoms with E-state index in [2.05, 4.69) is 11.9 Å². The Labute approximate surface area is 70.2 Å². The number of ether oxygens (including phenoxy) is 1. The van der Waals surface area contributed by atoms with E-state index >= 15 is 0 Å². The Bertz CT molecular complexity index is 220. The van der Waals surface area contributed by atoms with Crippen LogP contribution in [0.4, 0.5) is 5.13 Å². The largest absolute Gasteiger partial charge is 0.376 e. The molecule has 1 heterocycles. The molecule has 1 aromatic rings. The van der Waals surface area contributed by atoms with Gasteiger partial charge in [-0.25, -0.2) is 4.98 Å². The predicted molar refractivity (Wildman–Crippen MR) is 46.6 cm³/mol. The summed E-state index contributed by atoms with van der Waals surface area (Å²) in [6.45, 7) is 2.07. The second kappa shape index (κ2) is 3.69. The van der Waals surface area contributed by atoms with Crippen LogP contribution >= 0.6 is 11.3 Å². The van der Waals surface area contributed by atoms with Gasteiger partial charge in [-0.2, -0.15) is 0 Å². The summed E-state index contributed by atoms with van der Waals surface area (Å²) in [4.78, 5) is 5.05. The van der Waals surface area contributed by atoms with Crippen molar-refractivity contribution in [3.63, 3.8) is 0 Å². The summed E-state index contributed by atoms with van der Waals surface area (Å²) < 4.78 is 5.21. The fourth-order valence-corrected chi connectivity index (χ4v) is 1.78. The van der Waals surface area contributed by atoms with Crippen LogP contribution in [0.2, 0.25) is 0 Å². The standard InChI is InChI=1S/C7H12N2OS/c1-3-5(10-2)6-4-9-7(8)11-6/h4-5H,3H2,1-2H3,(H2,8,9). The molecule has 3 nitrogen and oxygen atoms in total. The third-order valence-electron chi connectivity index (χ3n) is 1.51. The van der Waals surface area contributed by atoms with Crippen LogP contribution in [0, 0.1) is 0 Å². The number of nitrogens with two attached hydrogens (primary N) is 1. The minimum atomic E-state index is 0.157. The lowest BCUT2D eigenvalue weighted by Crippen LogP contribution is -1.95. The lowest BCUT2D eigenvalue weighted by Gasteiger charge is -2.08. The van der Waals surface area contributed by atoms with E-state index in [0.29, 0.717) is 5.13 Å². The van der Waals surface area contributed by atoms with Crippen LogP contribution in [0.3, 0.4) is 0 Å². The van der Waals surface area contributed by atoms with Crippen LogP contribution in [-0.4, -0.2) is 12.1 Å².